The van der Waals surface area contributed by atoms with Gasteiger partial charge in [0.05, 0.1) is 13.2 Å². The first kappa shape index (κ1) is 10.5. The van der Waals surface area contributed by atoms with Crippen molar-refractivity contribution in [3.05, 3.63) is 0 Å². The summed E-state index contributed by atoms with van der Waals surface area (Å²) in [5, 5.41) is 9.39. The lowest BCUT2D eigenvalue weighted by molar-refractivity contribution is -0.141. The molecule has 76 valence electrons. The Kier molecular flexibility index (Phi) is 4.22. The Morgan fingerprint density at radius 1 is 1.54 bits per heavy atom. The van der Waals surface area contributed by atoms with Gasteiger partial charge in [0.15, 0.2) is 0 Å². The Morgan fingerprint density at radius 3 is 2.92 bits per heavy atom. The van der Waals surface area contributed by atoms with Crippen LogP contribution in [0.25, 0.3) is 0 Å². The molecule has 2 unspecified atom stereocenters. The summed E-state index contributed by atoms with van der Waals surface area (Å²) >= 11 is 0. The van der Waals surface area contributed by atoms with Crippen molar-refractivity contribution in [3.8, 4) is 0 Å². The maximum Gasteiger partial charge on any atom is 0.305 e. The number of aliphatic hydroxyl groups excluding tert-OH is 1. The number of esters is 1. The lowest BCUT2D eigenvalue weighted by Crippen LogP contribution is -2.20. The maximum atomic E-state index is 10.9. The van der Waals surface area contributed by atoms with Crippen LogP contribution < -0.4 is 0 Å². The van der Waals surface area contributed by atoms with Crippen LogP contribution in [-0.2, 0) is 9.53 Å². The summed E-state index contributed by atoms with van der Waals surface area (Å²) in [5.74, 6) is 0.378. The smallest absolute Gasteiger partial charge is 0.305 e. The normalized spacial score (nSPS) is 28.5. The highest BCUT2D eigenvalue weighted by molar-refractivity contribution is 5.69. The molecule has 0 aromatic heterocycles. The molecule has 0 aromatic carbocycles. The maximum absolute atomic E-state index is 10.9. The molecule has 0 radical (unpaired) electrons. The fourth-order valence-corrected chi connectivity index (χ4v) is 1.95. The van der Waals surface area contributed by atoms with Crippen LogP contribution in [0, 0.1) is 5.92 Å². The molecule has 0 aliphatic heterocycles. The minimum absolute atomic E-state index is 0.139. The quantitative estimate of drug-likeness (QED) is 0.679. The van der Waals surface area contributed by atoms with Crippen LogP contribution in [0.2, 0.25) is 0 Å². The van der Waals surface area contributed by atoms with Crippen LogP contribution in [0.5, 0.6) is 0 Å². The van der Waals surface area contributed by atoms with Crippen molar-refractivity contribution in [2.24, 2.45) is 5.92 Å². The van der Waals surface area contributed by atoms with Gasteiger partial charge in [-0.3, -0.25) is 4.79 Å². The van der Waals surface area contributed by atoms with Crippen molar-refractivity contribution in [1.82, 2.24) is 0 Å². The molecule has 0 aromatic rings. The van der Waals surface area contributed by atoms with E-state index >= 15 is 0 Å². The molecule has 0 amide bonds. The van der Waals surface area contributed by atoms with E-state index in [1.54, 1.807) is 0 Å². The van der Waals surface area contributed by atoms with Crippen LogP contribution in [0.3, 0.4) is 0 Å². The van der Waals surface area contributed by atoms with Crippen molar-refractivity contribution in [1.29, 1.82) is 0 Å². The van der Waals surface area contributed by atoms with Gasteiger partial charge in [0.2, 0.25) is 0 Å². The van der Waals surface area contributed by atoms with Gasteiger partial charge in [-0.2, -0.15) is 0 Å². The molecule has 1 saturated carbocycles. The second kappa shape index (κ2) is 5.22. The zero-order valence-corrected chi connectivity index (χ0v) is 8.16. The number of carbonyl (C=O) groups is 1. The third-order valence-corrected chi connectivity index (χ3v) is 2.74. The first-order valence-corrected chi connectivity index (χ1v) is 4.97. The second-order valence-electron chi connectivity index (χ2n) is 3.80. The Bertz CT molecular complexity index is 168. The van der Waals surface area contributed by atoms with Gasteiger partial charge in [-0.05, 0) is 25.2 Å². The standard InChI is InChI=1S/C10H18O3/c1-13-10(12)6-5-8-3-2-4-9(11)7-8/h8-9,11H,2-7H2,1H3. The molecule has 1 rings (SSSR count). The van der Waals surface area contributed by atoms with Gasteiger partial charge in [0.1, 0.15) is 0 Å². The van der Waals surface area contributed by atoms with E-state index in [1.807, 2.05) is 0 Å². The van der Waals surface area contributed by atoms with Crippen LogP contribution >= 0.6 is 0 Å². The number of methoxy groups -OCH3 is 1. The van der Waals surface area contributed by atoms with Gasteiger partial charge in [0, 0.05) is 6.42 Å². The molecule has 13 heavy (non-hydrogen) atoms. The third kappa shape index (κ3) is 3.77. The van der Waals surface area contributed by atoms with Crippen molar-refractivity contribution < 1.29 is 14.6 Å². The predicted molar refractivity (Wildman–Crippen MR) is 49.2 cm³/mol. The van der Waals surface area contributed by atoms with Crippen LogP contribution in [0.4, 0.5) is 0 Å². The van der Waals surface area contributed by atoms with Crippen molar-refractivity contribution in [2.75, 3.05) is 7.11 Å². The largest absolute Gasteiger partial charge is 0.469 e. The SMILES string of the molecule is COC(=O)CCC1CCCC(O)C1. The van der Waals surface area contributed by atoms with E-state index in [4.69, 9.17) is 0 Å². The Morgan fingerprint density at radius 2 is 2.31 bits per heavy atom. The highest BCUT2D eigenvalue weighted by Crippen LogP contribution is 2.27. The average Bonchev–Trinajstić information content (AvgIpc) is 2.14. The Balaban J connectivity index is 2.17. The third-order valence-electron chi connectivity index (χ3n) is 2.74. The number of hydrogen-bond acceptors (Lipinski definition) is 3. The molecule has 2 atom stereocenters. The fourth-order valence-electron chi connectivity index (χ4n) is 1.95. The minimum Gasteiger partial charge on any atom is -0.469 e. The van der Waals surface area contributed by atoms with E-state index in [9.17, 15) is 9.90 Å². The number of rotatable bonds is 3. The summed E-state index contributed by atoms with van der Waals surface area (Å²) in [6, 6.07) is 0. The average molecular weight is 186 g/mol. The van der Waals surface area contributed by atoms with E-state index in [2.05, 4.69) is 4.74 Å². The Labute approximate surface area is 79.1 Å². The van der Waals surface area contributed by atoms with Crippen LogP contribution in [0.1, 0.15) is 38.5 Å². The van der Waals surface area contributed by atoms with Gasteiger partial charge >= 0.3 is 5.97 Å². The monoisotopic (exact) mass is 186 g/mol. The summed E-state index contributed by atoms with van der Waals surface area (Å²) in [5.41, 5.74) is 0. The molecule has 0 bridgehead atoms. The molecule has 1 fully saturated rings. The molecular weight excluding hydrogens is 168 g/mol. The van der Waals surface area contributed by atoms with Gasteiger partial charge in [-0.1, -0.05) is 12.8 Å². The lowest BCUT2D eigenvalue weighted by Gasteiger charge is -2.25. The fraction of sp³-hybridized carbons (Fsp3) is 0.900. The highest BCUT2D eigenvalue weighted by atomic mass is 16.5. The number of hydrogen-bond donors (Lipinski definition) is 1. The highest BCUT2D eigenvalue weighted by Gasteiger charge is 2.20. The topological polar surface area (TPSA) is 46.5 Å². The van der Waals surface area contributed by atoms with E-state index in [1.165, 1.54) is 7.11 Å². The summed E-state index contributed by atoms with van der Waals surface area (Å²) in [6.07, 6.45) is 5.24. The molecule has 1 aliphatic rings. The first-order chi connectivity index (χ1) is 6.22. The molecule has 3 nitrogen and oxygen atoms in total. The number of aliphatic hydroxyl groups is 1. The van der Waals surface area contributed by atoms with Crippen molar-refractivity contribution in [3.63, 3.8) is 0 Å². The zero-order valence-electron chi connectivity index (χ0n) is 8.16. The van der Waals surface area contributed by atoms with E-state index in [-0.39, 0.29) is 12.1 Å². The second-order valence-corrected chi connectivity index (χ2v) is 3.80. The predicted octanol–water partition coefficient (Wildman–Crippen LogP) is 1.49. The molecule has 3 heteroatoms. The zero-order chi connectivity index (χ0) is 9.68. The molecule has 1 N–H and O–H groups in total. The molecule has 0 heterocycles. The molecule has 1 aliphatic carbocycles. The number of carbonyl (C=O) groups excluding carboxylic acids is 1. The summed E-state index contributed by atoms with van der Waals surface area (Å²) < 4.78 is 4.57. The van der Waals surface area contributed by atoms with Crippen molar-refractivity contribution in [2.45, 2.75) is 44.6 Å². The Hall–Kier alpha value is -0.570. The van der Waals surface area contributed by atoms with Gasteiger partial charge in [-0.25, -0.2) is 0 Å². The lowest BCUT2D eigenvalue weighted by atomic mass is 9.84. The van der Waals surface area contributed by atoms with E-state index in [0.29, 0.717) is 12.3 Å². The summed E-state index contributed by atoms with van der Waals surface area (Å²) in [4.78, 5) is 10.9. The number of ether oxygens (including phenoxy) is 1. The van der Waals surface area contributed by atoms with E-state index in [0.717, 1.165) is 32.1 Å². The van der Waals surface area contributed by atoms with Gasteiger partial charge < -0.3 is 9.84 Å². The summed E-state index contributed by atoms with van der Waals surface area (Å²) in [6.45, 7) is 0. The van der Waals surface area contributed by atoms with Gasteiger partial charge in [0.25, 0.3) is 0 Å². The first-order valence-electron chi connectivity index (χ1n) is 4.97. The summed E-state index contributed by atoms with van der Waals surface area (Å²) in [7, 11) is 1.41. The van der Waals surface area contributed by atoms with Crippen LogP contribution in [0.15, 0.2) is 0 Å². The molecule has 0 saturated heterocycles. The molecular formula is C10H18O3. The van der Waals surface area contributed by atoms with Crippen LogP contribution in [-0.4, -0.2) is 24.3 Å². The van der Waals surface area contributed by atoms with E-state index < -0.39 is 0 Å². The van der Waals surface area contributed by atoms with Crippen molar-refractivity contribution >= 4 is 5.97 Å². The molecule has 0 spiro atoms. The van der Waals surface area contributed by atoms with Gasteiger partial charge in [-0.15, -0.1) is 0 Å². The minimum atomic E-state index is -0.142.